The molecule has 1 fully saturated rings. The molecule has 1 aromatic carbocycles. The van der Waals surface area contributed by atoms with Crippen molar-refractivity contribution in [3.63, 3.8) is 0 Å². The second-order valence-electron chi connectivity index (χ2n) is 5.83. The molecule has 0 bridgehead atoms. The molecular weight excluding hydrogens is 256 g/mol. The predicted molar refractivity (Wildman–Crippen MR) is 80.0 cm³/mol. The first-order valence-electron chi connectivity index (χ1n) is 7.15. The first kappa shape index (κ1) is 14.9. The maximum Gasteiger partial charge on any atom is 0.107 e. The van der Waals surface area contributed by atoms with E-state index < -0.39 is 5.44 Å². The summed E-state index contributed by atoms with van der Waals surface area (Å²) in [4.78, 5) is 1.08. The molecule has 2 N–H and O–H groups in total. The van der Waals surface area contributed by atoms with E-state index in [4.69, 9.17) is 0 Å². The van der Waals surface area contributed by atoms with Gasteiger partial charge in [-0.2, -0.15) is 0 Å². The molecule has 5 atom stereocenters. The Morgan fingerprint density at radius 1 is 1.21 bits per heavy atom. The molecule has 0 heterocycles. The van der Waals surface area contributed by atoms with E-state index in [1.165, 1.54) is 11.8 Å². The lowest BCUT2D eigenvalue weighted by Crippen LogP contribution is -2.36. The van der Waals surface area contributed by atoms with Crippen molar-refractivity contribution in [2.75, 3.05) is 0 Å². The van der Waals surface area contributed by atoms with Crippen molar-refractivity contribution in [3.05, 3.63) is 30.3 Å². The summed E-state index contributed by atoms with van der Waals surface area (Å²) >= 11 is 1.49. The Hall–Kier alpha value is -0.510. The summed E-state index contributed by atoms with van der Waals surface area (Å²) in [6.07, 6.45) is 2.80. The summed E-state index contributed by atoms with van der Waals surface area (Å²) in [5.41, 5.74) is -0.449. The molecule has 1 saturated carbocycles. The number of thioether (sulfide) groups is 1. The second-order valence-corrected chi connectivity index (χ2v) is 7.02. The van der Waals surface area contributed by atoms with Crippen LogP contribution in [0.15, 0.2) is 35.2 Å². The van der Waals surface area contributed by atoms with Gasteiger partial charge in [0, 0.05) is 4.90 Å². The summed E-state index contributed by atoms with van der Waals surface area (Å²) in [5.74, 6) is 0.951. The van der Waals surface area contributed by atoms with Gasteiger partial charge in [-0.15, -0.1) is 0 Å². The number of aliphatic hydroxyl groups is 2. The van der Waals surface area contributed by atoms with Crippen LogP contribution in [-0.4, -0.2) is 21.8 Å². The van der Waals surface area contributed by atoms with Crippen LogP contribution in [0.3, 0.4) is 0 Å². The maximum atomic E-state index is 10.4. The van der Waals surface area contributed by atoms with E-state index in [0.29, 0.717) is 5.92 Å². The van der Waals surface area contributed by atoms with Gasteiger partial charge in [-0.1, -0.05) is 50.2 Å². The molecule has 0 spiro atoms. The van der Waals surface area contributed by atoms with Gasteiger partial charge >= 0.3 is 0 Å². The molecule has 1 aliphatic rings. The minimum atomic E-state index is -0.449. The van der Waals surface area contributed by atoms with E-state index in [1.54, 1.807) is 0 Å². The van der Waals surface area contributed by atoms with Gasteiger partial charge in [-0.05, 0) is 42.7 Å². The normalized spacial score (nSPS) is 30.8. The zero-order valence-corrected chi connectivity index (χ0v) is 12.5. The monoisotopic (exact) mass is 280 g/mol. The lowest BCUT2D eigenvalue weighted by molar-refractivity contribution is 0.00151. The van der Waals surface area contributed by atoms with Crippen molar-refractivity contribution in [1.29, 1.82) is 0 Å². The Morgan fingerprint density at radius 3 is 2.53 bits per heavy atom. The zero-order valence-electron chi connectivity index (χ0n) is 11.7. The van der Waals surface area contributed by atoms with Crippen LogP contribution in [0.1, 0.15) is 33.1 Å². The lowest BCUT2D eigenvalue weighted by atomic mass is 9.75. The van der Waals surface area contributed by atoms with E-state index in [1.807, 2.05) is 30.3 Å². The smallest absolute Gasteiger partial charge is 0.107 e. The van der Waals surface area contributed by atoms with Gasteiger partial charge in [0.15, 0.2) is 0 Å². The fourth-order valence-electron chi connectivity index (χ4n) is 2.94. The van der Waals surface area contributed by atoms with Crippen LogP contribution >= 0.6 is 11.8 Å². The highest BCUT2D eigenvalue weighted by Gasteiger charge is 2.34. The standard InChI is InChI=1S/C16H24O2S/c1-11-8-9-14(15(17)10-11)12(2)16(18)19-13-6-4-3-5-7-13/h3-7,11-12,14-18H,8-10H2,1-2H3/t11-,12?,14+,15-,16+/m1/s1. The molecule has 1 unspecified atom stereocenters. The third-order valence-corrected chi connectivity index (χ3v) is 5.47. The van der Waals surface area contributed by atoms with Crippen LogP contribution in [0.5, 0.6) is 0 Å². The van der Waals surface area contributed by atoms with Crippen LogP contribution in [0, 0.1) is 17.8 Å². The highest BCUT2D eigenvalue weighted by atomic mass is 32.2. The highest BCUT2D eigenvalue weighted by Crippen LogP contribution is 2.38. The van der Waals surface area contributed by atoms with Crippen LogP contribution in [-0.2, 0) is 0 Å². The molecule has 0 amide bonds. The summed E-state index contributed by atoms with van der Waals surface area (Å²) in [6, 6.07) is 9.97. The van der Waals surface area contributed by atoms with Gasteiger partial charge in [0.1, 0.15) is 5.44 Å². The number of benzene rings is 1. The van der Waals surface area contributed by atoms with Crippen LogP contribution < -0.4 is 0 Å². The first-order chi connectivity index (χ1) is 9.08. The Balaban J connectivity index is 1.93. The van der Waals surface area contributed by atoms with Crippen molar-refractivity contribution in [3.8, 4) is 0 Å². The molecule has 0 aliphatic heterocycles. The number of hydrogen-bond acceptors (Lipinski definition) is 3. The lowest BCUT2D eigenvalue weighted by Gasteiger charge is -2.37. The number of rotatable bonds is 4. The third kappa shape index (κ3) is 3.98. The molecule has 0 radical (unpaired) electrons. The molecule has 106 valence electrons. The molecule has 19 heavy (non-hydrogen) atoms. The van der Waals surface area contributed by atoms with Crippen molar-refractivity contribution in [1.82, 2.24) is 0 Å². The van der Waals surface area contributed by atoms with Crippen molar-refractivity contribution >= 4 is 11.8 Å². The molecule has 2 rings (SSSR count). The average Bonchev–Trinajstić information content (AvgIpc) is 2.39. The third-order valence-electron chi connectivity index (χ3n) is 4.26. The predicted octanol–water partition coefficient (Wildman–Crippen LogP) is 3.53. The summed E-state index contributed by atoms with van der Waals surface area (Å²) in [5, 5.41) is 20.6. The van der Waals surface area contributed by atoms with Gasteiger partial charge < -0.3 is 10.2 Å². The van der Waals surface area contributed by atoms with E-state index in [-0.39, 0.29) is 17.9 Å². The fourth-order valence-corrected chi connectivity index (χ4v) is 3.95. The molecule has 0 aromatic heterocycles. The summed E-state index contributed by atoms with van der Waals surface area (Å²) < 4.78 is 0. The van der Waals surface area contributed by atoms with Gasteiger partial charge in [0.05, 0.1) is 6.10 Å². The minimum absolute atomic E-state index is 0.118. The van der Waals surface area contributed by atoms with E-state index in [2.05, 4.69) is 13.8 Å². The highest BCUT2D eigenvalue weighted by molar-refractivity contribution is 7.99. The topological polar surface area (TPSA) is 40.5 Å². The van der Waals surface area contributed by atoms with Crippen LogP contribution in [0.25, 0.3) is 0 Å². The van der Waals surface area contributed by atoms with Crippen LogP contribution in [0.4, 0.5) is 0 Å². The van der Waals surface area contributed by atoms with Crippen molar-refractivity contribution < 1.29 is 10.2 Å². The van der Waals surface area contributed by atoms with E-state index in [0.717, 1.165) is 24.2 Å². The minimum Gasteiger partial charge on any atom is -0.393 e. The second kappa shape index (κ2) is 6.78. The molecule has 0 saturated heterocycles. The van der Waals surface area contributed by atoms with E-state index >= 15 is 0 Å². The largest absolute Gasteiger partial charge is 0.393 e. The van der Waals surface area contributed by atoms with Gasteiger partial charge in [-0.3, -0.25) is 0 Å². The average molecular weight is 280 g/mol. The fraction of sp³-hybridized carbons (Fsp3) is 0.625. The molecule has 3 heteroatoms. The molecule has 2 nitrogen and oxygen atoms in total. The van der Waals surface area contributed by atoms with Gasteiger partial charge in [0.2, 0.25) is 0 Å². The SMILES string of the molecule is CC([C@@H](O)Sc1ccccc1)[C@@H]1CC[C@@H](C)C[C@H]1O. The summed E-state index contributed by atoms with van der Waals surface area (Å²) in [7, 11) is 0. The van der Waals surface area contributed by atoms with Gasteiger partial charge in [0.25, 0.3) is 0 Å². The van der Waals surface area contributed by atoms with Crippen LogP contribution in [0.2, 0.25) is 0 Å². The van der Waals surface area contributed by atoms with Crippen molar-refractivity contribution in [2.45, 2.75) is 49.5 Å². The number of hydrogen-bond donors (Lipinski definition) is 2. The van der Waals surface area contributed by atoms with Crippen molar-refractivity contribution in [2.24, 2.45) is 17.8 Å². The Morgan fingerprint density at radius 2 is 1.89 bits per heavy atom. The van der Waals surface area contributed by atoms with Gasteiger partial charge in [-0.25, -0.2) is 0 Å². The molecular formula is C16H24O2S. The summed E-state index contributed by atoms with van der Waals surface area (Å²) in [6.45, 7) is 4.25. The maximum absolute atomic E-state index is 10.4. The Bertz CT molecular complexity index is 382. The first-order valence-corrected chi connectivity index (χ1v) is 8.03. The Labute approximate surface area is 120 Å². The molecule has 1 aliphatic carbocycles. The quantitative estimate of drug-likeness (QED) is 0.655. The molecule has 1 aromatic rings. The van der Waals surface area contributed by atoms with E-state index in [9.17, 15) is 10.2 Å². The Kier molecular flexibility index (Phi) is 5.31. The number of aliphatic hydroxyl groups excluding tert-OH is 2. The zero-order chi connectivity index (χ0) is 13.8.